The number of aryl methyl sites for hydroxylation is 1. The quantitative estimate of drug-likeness (QED) is 0.749. The fourth-order valence-corrected chi connectivity index (χ4v) is 3.46. The van der Waals surface area contributed by atoms with Crippen LogP contribution in [0.25, 0.3) is 0 Å². The Kier molecular flexibility index (Phi) is 4.97. The zero-order valence-corrected chi connectivity index (χ0v) is 16.2. The molecule has 0 atom stereocenters. The van der Waals surface area contributed by atoms with Crippen LogP contribution in [0.4, 0.5) is 17.2 Å². The van der Waals surface area contributed by atoms with Crippen LogP contribution in [-0.4, -0.2) is 41.1 Å². The third kappa shape index (κ3) is 3.55. The normalized spacial score (nSPS) is 14.2. The summed E-state index contributed by atoms with van der Waals surface area (Å²) in [4.78, 5) is 17.3. The second-order valence-electron chi connectivity index (χ2n) is 6.90. The molecule has 1 fully saturated rings. The van der Waals surface area contributed by atoms with Gasteiger partial charge in [-0.25, -0.2) is 4.98 Å². The average Bonchev–Trinajstić information content (AvgIpc) is 2.73. The molecule has 0 amide bonds. The molecule has 3 heterocycles. The first-order valence-electron chi connectivity index (χ1n) is 9.38. The minimum Gasteiger partial charge on any atom is -0.435 e. The molecule has 1 aromatic carbocycles. The minimum atomic E-state index is 0.356. The van der Waals surface area contributed by atoms with Crippen LogP contribution in [0.1, 0.15) is 11.1 Å². The van der Waals surface area contributed by atoms with E-state index in [2.05, 4.69) is 56.8 Å². The summed E-state index contributed by atoms with van der Waals surface area (Å²) in [5.74, 6) is 1.67. The molecule has 2 aromatic heterocycles. The van der Waals surface area contributed by atoms with E-state index in [1.165, 1.54) is 23.1 Å². The standard InChI is InChI=1S/C21H24N6O/c1-15-5-3-7-18(16(15)2)26-9-11-27(12-10-26)20-19(22)21(25-14-24-20)28-17-6-4-8-23-13-17/h3-8,13-14H,9-12,22H2,1-2H3. The van der Waals surface area contributed by atoms with Gasteiger partial charge in [0.2, 0.25) is 5.88 Å². The molecule has 0 bridgehead atoms. The van der Waals surface area contributed by atoms with Crippen LogP contribution in [0.2, 0.25) is 0 Å². The summed E-state index contributed by atoms with van der Waals surface area (Å²) in [5, 5.41) is 0. The van der Waals surface area contributed by atoms with Crippen molar-refractivity contribution in [2.45, 2.75) is 13.8 Å². The number of hydrogen-bond donors (Lipinski definition) is 1. The van der Waals surface area contributed by atoms with Gasteiger partial charge in [0.15, 0.2) is 5.82 Å². The summed E-state index contributed by atoms with van der Waals surface area (Å²) < 4.78 is 5.78. The van der Waals surface area contributed by atoms with E-state index >= 15 is 0 Å². The molecule has 1 aliphatic heterocycles. The minimum absolute atomic E-state index is 0.356. The van der Waals surface area contributed by atoms with Crippen LogP contribution >= 0.6 is 0 Å². The summed E-state index contributed by atoms with van der Waals surface area (Å²) in [6, 6.07) is 10.1. The Balaban J connectivity index is 1.49. The number of piperazine rings is 1. The number of rotatable bonds is 4. The lowest BCUT2D eigenvalue weighted by molar-refractivity contribution is 0.461. The average molecular weight is 376 g/mol. The Hall–Kier alpha value is -3.35. The number of nitrogens with zero attached hydrogens (tertiary/aromatic N) is 5. The van der Waals surface area contributed by atoms with Gasteiger partial charge < -0.3 is 20.3 Å². The second-order valence-corrected chi connectivity index (χ2v) is 6.90. The molecule has 7 heteroatoms. The lowest BCUT2D eigenvalue weighted by Crippen LogP contribution is -2.47. The highest BCUT2D eigenvalue weighted by molar-refractivity contribution is 5.69. The van der Waals surface area contributed by atoms with Crippen LogP contribution in [0.15, 0.2) is 49.1 Å². The van der Waals surface area contributed by atoms with Crippen LogP contribution < -0.4 is 20.3 Å². The highest BCUT2D eigenvalue weighted by atomic mass is 16.5. The number of pyridine rings is 1. The Morgan fingerprint density at radius 3 is 2.50 bits per heavy atom. The largest absolute Gasteiger partial charge is 0.435 e. The second kappa shape index (κ2) is 7.72. The topological polar surface area (TPSA) is 80.4 Å². The van der Waals surface area contributed by atoms with Crippen LogP contribution in [0.3, 0.4) is 0 Å². The van der Waals surface area contributed by atoms with Crippen molar-refractivity contribution in [1.82, 2.24) is 15.0 Å². The maximum Gasteiger partial charge on any atom is 0.248 e. The number of hydrogen-bond acceptors (Lipinski definition) is 7. The maximum absolute atomic E-state index is 6.33. The molecular formula is C21H24N6O. The van der Waals surface area contributed by atoms with E-state index in [0.29, 0.717) is 17.3 Å². The predicted molar refractivity (Wildman–Crippen MR) is 111 cm³/mol. The van der Waals surface area contributed by atoms with Crippen molar-refractivity contribution in [3.05, 3.63) is 60.2 Å². The molecule has 0 saturated carbocycles. The maximum atomic E-state index is 6.33. The molecular weight excluding hydrogens is 352 g/mol. The van der Waals surface area contributed by atoms with Crippen molar-refractivity contribution in [3.63, 3.8) is 0 Å². The van der Waals surface area contributed by atoms with Gasteiger partial charge in [0.1, 0.15) is 17.8 Å². The number of nitrogen functional groups attached to an aromatic ring is 1. The highest BCUT2D eigenvalue weighted by Crippen LogP contribution is 2.32. The molecule has 1 saturated heterocycles. The molecule has 28 heavy (non-hydrogen) atoms. The van der Waals surface area contributed by atoms with Gasteiger partial charge >= 0.3 is 0 Å². The molecule has 1 aliphatic rings. The molecule has 4 rings (SSSR count). The van der Waals surface area contributed by atoms with Crippen molar-refractivity contribution in [2.24, 2.45) is 0 Å². The van der Waals surface area contributed by atoms with E-state index in [4.69, 9.17) is 10.5 Å². The van der Waals surface area contributed by atoms with Gasteiger partial charge in [-0.1, -0.05) is 12.1 Å². The van der Waals surface area contributed by atoms with E-state index in [1.54, 1.807) is 18.5 Å². The van der Waals surface area contributed by atoms with Crippen molar-refractivity contribution < 1.29 is 4.74 Å². The van der Waals surface area contributed by atoms with Gasteiger partial charge in [-0.15, -0.1) is 0 Å². The van der Waals surface area contributed by atoms with Gasteiger partial charge in [-0.2, -0.15) is 4.98 Å². The van der Waals surface area contributed by atoms with Crippen molar-refractivity contribution >= 4 is 17.2 Å². The molecule has 0 spiro atoms. The van der Waals surface area contributed by atoms with Gasteiger partial charge in [0.25, 0.3) is 0 Å². The first-order chi connectivity index (χ1) is 13.6. The number of nitrogens with two attached hydrogens (primary N) is 1. The molecule has 144 valence electrons. The zero-order valence-electron chi connectivity index (χ0n) is 16.2. The van der Waals surface area contributed by atoms with E-state index < -0.39 is 0 Å². The molecule has 7 nitrogen and oxygen atoms in total. The van der Waals surface area contributed by atoms with Gasteiger partial charge in [0.05, 0.1) is 6.20 Å². The lowest BCUT2D eigenvalue weighted by Gasteiger charge is -2.38. The summed E-state index contributed by atoms with van der Waals surface area (Å²) in [5.41, 5.74) is 10.7. The Morgan fingerprint density at radius 1 is 0.964 bits per heavy atom. The predicted octanol–water partition coefficient (Wildman–Crippen LogP) is 3.19. The van der Waals surface area contributed by atoms with E-state index in [1.807, 2.05) is 6.07 Å². The zero-order chi connectivity index (χ0) is 19.5. The number of anilines is 3. The lowest BCUT2D eigenvalue weighted by atomic mass is 10.1. The van der Waals surface area contributed by atoms with Gasteiger partial charge in [0, 0.05) is 38.1 Å². The smallest absolute Gasteiger partial charge is 0.248 e. The number of ether oxygens (including phenoxy) is 1. The third-order valence-corrected chi connectivity index (χ3v) is 5.17. The summed E-state index contributed by atoms with van der Waals surface area (Å²) in [7, 11) is 0. The van der Waals surface area contributed by atoms with Crippen molar-refractivity contribution in [3.8, 4) is 11.6 Å². The first kappa shape index (κ1) is 18.0. The fourth-order valence-electron chi connectivity index (χ4n) is 3.46. The van der Waals surface area contributed by atoms with Gasteiger partial charge in [-0.3, -0.25) is 4.98 Å². The van der Waals surface area contributed by atoms with E-state index in [9.17, 15) is 0 Å². The monoisotopic (exact) mass is 376 g/mol. The molecule has 3 aromatic rings. The number of aromatic nitrogens is 3. The summed E-state index contributed by atoms with van der Waals surface area (Å²) in [6.45, 7) is 7.82. The molecule has 2 N–H and O–H groups in total. The highest BCUT2D eigenvalue weighted by Gasteiger charge is 2.23. The van der Waals surface area contributed by atoms with Crippen LogP contribution in [0, 0.1) is 13.8 Å². The van der Waals surface area contributed by atoms with E-state index in [-0.39, 0.29) is 0 Å². The third-order valence-electron chi connectivity index (χ3n) is 5.17. The molecule has 0 aliphatic carbocycles. The van der Waals surface area contributed by atoms with Crippen LogP contribution in [0.5, 0.6) is 11.6 Å². The summed E-state index contributed by atoms with van der Waals surface area (Å²) in [6.07, 6.45) is 4.82. The Morgan fingerprint density at radius 2 is 1.75 bits per heavy atom. The van der Waals surface area contributed by atoms with E-state index in [0.717, 1.165) is 32.0 Å². The van der Waals surface area contributed by atoms with Crippen molar-refractivity contribution in [2.75, 3.05) is 41.7 Å². The first-order valence-corrected chi connectivity index (χ1v) is 9.38. The SMILES string of the molecule is Cc1cccc(N2CCN(c3ncnc(Oc4cccnc4)c3N)CC2)c1C. The Labute approximate surface area is 164 Å². The molecule has 0 unspecified atom stereocenters. The van der Waals surface area contributed by atoms with Gasteiger partial charge in [-0.05, 0) is 43.2 Å². The van der Waals surface area contributed by atoms with Crippen molar-refractivity contribution in [1.29, 1.82) is 0 Å². The fraction of sp³-hybridized carbons (Fsp3) is 0.286. The summed E-state index contributed by atoms with van der Waals surface area (Å²) >= 11 is 0. The Bertz CT molecular complexity index is 954. The van der Waals surface area contributed by atoms with Crippen LogP contribution in [-0.2, 0) is 0 Å². The number of benzene rings is 1. The molecule has 0 radical (unpaired) electrons.